The zero-order valence-electron chi connectivity index (χ0n) is 12.3. The van der Waals surface area contributed by atoms with Crippen LogP contribution in [0.25, 0.3) is 0 Å². The first kappa shape index (κ1) is 11.6. The van der Waals surface area contributed by atoms with Gasteiger partial charge in [-0.3, -0.25) is 0 Å². The maximum absolute atomic E-state index is 2.63. The molecular formula is C18H28. The number of rotatable bonds is 3. The lowest BCUT2D eigenvalue weighted by Gasteiger charge is -2.90. The average molecular weight is 244 g/mol. The zero-order chi connectivity index (χ0) is 12.6. The van der Waals surface area contributed by atoms with E-state index < -0.39 is 0 Å². The largest absolute Gasteiger partial charge is 0.0882 e. The summed E-state index contributed by atoms with van der Waals surface area (Å²) in [6.07, 6.45) is 15.4. The maximum atomic E-state index is 2.63. The van der Waals surface area contributed by atoms with Gasteiger partial charge in [0.25, 0.3) is 0 Å². The van der Waals surface area contributed by atoms with Crippen LogP contribution in [0.5, 0.6) is 0 Å². The van der Waals surface area contributed by atoms with Gasteiger partial charge in [0, 0.05) is 0 Å². The van der Waals surface area contributed by atoms with Crippen molar-refractivity contribution in [3.63, 3.8) is 0 Å². The van der Waals surface area contributed by atoms with E-state index in [2.05, 4.69) is 32.9 Å². The van der Waals surface area contributed by atoms with E-state index in [0.29, 0.717) is 0 Å². The molecule has 0 aliphatic heterocycles. The van der Waals surface area contributed by atoms with Gasteiger partial charge >= 0.3 is 0 Å². The van der Waals surface area contributed by atoms with Gasteiger partial charge in [-0.2, -0.15) is 0 Å². The Morgan fingerprint density at radius 3 is 2.61 bits per heavy atom. The summed E-state index contributed by atoms with van der Waals surface area (Å²) in [6.45, 7) is 7.43. The molecule has 6 rings (SSSR count). The fourth-order valence-electron chi connectivity index (χ4n) is 7.92. The molecule has 4 bridgehead atoms. The topological polar surface area (TPSA) is 0 Å². The van der Waals surface area contributed by atoms with Crippen molar-refractivity contribution in [3.05, 3.63) is 12.2 Å². The lowest BCUT2D eigenvalue weighted by atomic mass is 9.14. The molecule has 0 aromatic carbocycles. The van der Waals surface area contributed by atoms with Crippen molar-refractivity contribution in [3.8, 4) is 0 Å². The van der Waals surface area contributed by atoms with Crippen LogP contribution in [0.3, 0.4) is 0 Å². The second-order valence-corrected chi connectivity index (χ2v) is 7.64. The van der Waals surface area contributed by atoms with Crippen molar-refractivity contribution < 1.29 is 0 Å². The summed E-state index contributed by atoms with van der Waals surface area (Å²) >= 11 is 0. The average Bonchev–Trinajstić information content (AvgIpc) is 2.42. The molecule has 6 aliphatic carbocycles. The summed E-state index contributed by atoms with van der Waals surface area (Å²) in [5.74, 6) is 3.10. The van der Waals surface area contributed by atoms with Crippen LogP contribution in [0.1, 0.15) is 65.7 Å². The summed E-state index contributed by atoms with van der Waals surface area (Å²) in [4.78, 5) is 0. The molecule has 100 valence electrons. The van der Waals surface area contributed by atoms with Gasteiger partial charge in [0.05, 0.1) is 0 Å². The SMILES string of the molecule is CCC1C23CCC=CC2CC2(CC)CC3C12CC. The monoisotopic (exact) mass is 244 g/mol. The highest BCUT2D eigenvalue weighted by Crippen LogP contribution is 2.91. The predicted octanol–water partition coefficient (Wildman–Crippen LogP) is 5.20. The normalized spacial score (nSPS) is 59.6. The Labute approximate surface area is 112 Å². The number of hydrogen-bond donors (Lipinski definition) is 0. The van der Waals surface area contributed by atoms with Crippen LogP contribution in [0, 0.1) is 34.0 Å². The Morgan fingerprint density at radius 1 is 1.11 bits per heavy atom. The first-order chi connectivity index (χ1) is 8.72. The zero-order valence-corrected chi connectivity index (χ0v) is 12.3. The number of allylic oxidation sites excluding steroid dienone is 2. The Balaban J connectivity index is 1.84. The molecule has 0 amide bonds. The molecule has 0 saturated heterocycles. The van der Waals surface area contributed by atoms with Crippen LogP contribution >= 0.6 is 0 Å². The van der Waals surface area contributed by atoms with Crippen LogP contribution in [-0.2, 0) is 0 Å². The third-order valence-electron chi connectivity index (χ3n) is 8.21. The molecule has 0 N–H and O–H groups in total. The van der Waals surface area contributed by atoms with Gasteiger partial charge < -0.3 is 0 Å². The van der Waals surface area contributed by atoms with Gasteiger partial charge in [-0.15, -0.1) is 0 Å². The second-order valence-electron chi connectivity index (χ2n) is 7.64. The van der Waals surface area contributed by atoms with E-state index in [1.54, 1.807) is 6.42 Å². The lowest BCUT2D eigenvalue weighted by Crippen LogP contribution is -2.84. The van der Waals surface area contributed by atoms with E-state index in [0.717, 1.165) is 34.0 Å². The first-order valence-electron chi connectivity index (χ1n) is 8.38. The Hall–Kier alpha value is -0.260. The van der Waals surface area contributed by atoms with Gasteiger partial charge in [-0.1, -0.05) is 39.3 Å². The Morgan fingerprint density at radius 2 is 1.94 bits per heavy atom. The van der Waals surface area contributed by atoms with Gasteiger partial charge in [-0.05, 0) is 72.5 Å². The van der Waals surface area contributed by atoms with Crippen molar-refractivity contribution in [2.45, 2.75) is 65.7 Å². The standard InChI is InChI=1S/C18H28/c1-4-14-17-10-8-7-9-13(17)11-16(5-2)12-15(17)18(14,16)6-3/h7,9,13-15H,4-6,8,10-12H2,1-3H3. The molecule has 0 nitrogen and oxygen atoms in total. The van der Waals surface area contributed by atoms with Crippen molar-refractivity contribution in [1.82, 2.24) is 0 Å². The maximum Gasteiger partial charge on any atom is -0.0164 e. The molecular weight excluding hydrogens is 216 g/mol. The summed E-state index contributed by atoms with van der Waals surface area (Å²) < 4.78 is 0. The molecule has 0 aromatic rings. The Kier molecular flexibility index (Phi) is 2.08. The quantitative estimate of drug-likeness (QED) is 0.599. The molecule has 0 aromatic heterocycles. The third-order valence-corrected chi connectivity index (χ3v) is 8.21. The van der Waals surface area contributed by atoms with E-state index in [4.69, 9.17) is 0 Å². The summed E-state index contributed by atoms with van der Waals surface area (Å²) in [7, 11) is 0. The minimum absolute atomic E-state index is 0.737. The minimum atomic E-state index is 0.737. The Bertz CT molecular complexity index is 408. The highest BCUT2D eigenvalue weighted by Gasteiger charge is 2.85. The van der Waals surface area contributed by atoms with Crippen molar-refractivity contribution >= 4 is 0 Å². The van der Waals surface area contributed by atoms with Crippen LogP contribution in [0.2, 0.25) is 0 Å². The van der Waals surface area contributed by atoms with Crippen LogP contribution in [0.4, 0.5) is 0 Å². The molecule has 5 saturated carbocycles. The van der Waals surface area contributed by atoms with Crippen LogP contribution < -0.4 is 0 Å². The predicted molar refractivity (Wildman–Crippen MR) is 76.3 cm³/mol. The molecule has 6 unspecified atom stereocenters. The smallest absolute Gasteiger partial charge is 0.0164 e. The van der Waals surface area contributed by atoms with Gasteiger partial charge in [0.2, 0.25) is 0 Å². The summed E-state index contributed by atoms with van der Waals surface area (Å²) in [5, 5.41) is 0. The highest BCUT2D eigenvalue weighted by atomic mass is 14.9. The highest BCUT2D eigenvalue weighted by molar-refractivity contribution is 5.36. The number of hydrogen-bond acceptors (Lipinski definition) is 0. The molecule has 0 heterocycles. The first-order valence-corrected chi connectivity index (χ1v) is 8.38. The summed E-state index contributed by atoms with van der Waals surface area (Å²) in [5.41, 5.74) is 2.27. The summed E-state index contributed by atoms with van der Waals surface area (Å²) in [6, 6.07) is 0. The van der Waals surface area contributed by atoms with E-state index in [1.165, 1.54) is 38.5 Å². The van der Waals surface area contributed by atoms with Crippen molar-refractivity contribution in [1.29, 1.82) is 0 Å². The van der Waals surface area contributed by atoms with E-state index >= 15 is 0 Å². The molecule has 6 aliphatic rings. The van der Waals surface area contributed by atoms with Gasteiger partial charge in [-0.25, -0.2) is 0 Å². The van der Waals surface area contributed by atoms with Crippen molar-refractivity contribution in [2.24, 2.45) is 34.0 Å². The fourth-order valence-corrected chi connectivity index (χ4v) is 7.92. The third kappa shape index (κ3) is 0.816. The van der Waals surface area contributed by atoms with Gasteiger partial charge in [0.1, 0.15) is 0 Å². The van der Waals surface area contributed by atoms with Crippen LogP contribution in [0.15, 0.2) is 12.2 Å². The molecule has 1 spiro atoms. The van der Waals surface area contributed by atoms with E-state index in [-0.39, 0.29) is 0 Å². The lowest BCUT2D eigenvalue weighted by molar-refractivity contribution is -0.412. The van der Waals surface area contributed by atoms with Crippen LogP contribution in [-0.4, -0.2) is 0 Å². The molecule has 0 heteroatoms. The molecule has 5 fully saturated rings. The van der Waals surface area contributed by atoms with E-state index in [9.17, 15) is 0 Å². The fraction of sp³-hybridized carbons (Fsp3) is 0.889. The van der Waals surface area contributed by atoms with E-state index in [1.807, 2.05) is 0 Å². The van der Waals surface area contributed by atoms with Crippen molar-refractivity contribution in [2.75, 3.05) is 0 Å². The van der Waals surface area contributed by atoms with Gasteiger partial charge in [0.15, 0.2) is 0 Å². The molecule has 18 heavy (non-hydrogen) atoms. The minimum Gasteiger partial charge on any atom is -0.0882 e. The molecule has 0 radical (unpaired) electrons. The molecule has 6 atom stereocenters. The second kappa shape index (κ2) is 3.25.